The van der Waals surface area contributed by atoms with Gasteiger partial charge in [0.2, 0.25) is 5.91 Å². The van der Waals surface area contributed by atoms with Crippen molar-refractivity contribution in [1.29, 1.82) is 0 Å². The van der Waals surface area contributed by atoms with Crippen molar-refractivity contribution in [3.8, 4) is 5.75 Å². The monoisotopic (exact) mass is 757 g/mol. The summed E-state index contributed by atoms with van der Waals surface area (Å²) in [6.45, 7) is 0.188. The van der Waals surface area contributed by atoms with Gasteiger partial charge in [0.15, 0.2) is 9.84 Å². The number of anilines is 2. The molecule has 1 saturated carbocycles. The number of benzene rings is 3. The van der Waals surface area contributed by atoms with E-state index >= 15 is 0 Å². The van der Waals surface area contributed by atoms with Crippen LogP contribution in [0.25, 0.3) is 10.1 Å². The number of alkyl halides is 6. The molecule has 2 N–H and O–H groups in total. The molecule has 0 spiro atoms. The molecule has 2 fully saturated rings. The highest BCUT2D eigenvalue weighted by molar-refractivity contribution is 7.91. The number of hydrogen-bond donors (Lipinski definition) is 2. The molecule has 1 aromatic heterocycles. The van der Waals surface area contributed by atoms with Crippen molar-refractivity contribution in [3.05, 3.63) is 87.5 Å². The molecule has 6 rings (SSSR count). The first-order chi connectivity index (χ1) is 23.8. The average Bonchev–Trinajstić information content (AvgIpc) is 3.74. The lowest BCUT2D eigenvalue weighted by Gasteiger charge is -2.38. The molecule has 0 radical (unpaired) electrons. The van der Waals surface area contributed by atoms with Crippen molar-refractivity contribution >= 4 is 60.4 Å². The fourth-order valence-corrected chi connectivity index (χ4v) is 7.83. The number of amides is 3. The number of halogens is 7. The van der Waals surface area contributed by atoms with Crippen LogP contribution in [0.15, 0.2) is 54.6 Å². The summed E-state index contributed by atoms with van der Waals surface area (Å²) < 4.78 is 123. The third-order valence-corrected chi connectivity index (χ3v) is 11.4. The number of nitrogens with one attached hydrogen (secondary N) is 2. The van der Waals surface area contributed by atoms with Crippen LogP contribution in [-0.4, -0.2) is 62.7 Å². The molecule has 2 atom stereocenters. The van der Waals surface area contributed by atoms with Crippen molar-refractivity contribution in [2.75, 3.05) is 37.1 Å². The summed E-state index contributed by atoms with van der Waals surface area (Å²) in [5, 5.41) is 4.14. The second-order valence-electron chi connectivity index (χ2n) is 12.2. The molecule has 270 valence electrons. The first kappa shape index (κ1) is 36.1. The van der Waals surface area contributed by atoms with Crippen LogP contribution in [-0.2, 0) is 27.0 Å². The third kappa shape index (κ3) is 7.24. The van der Waals surface area contributed by atoms with E-state index < -0.39 is 67.8 Å². The lowest BCUT2D eigenvalue weighted by Crippen LogP contribution is -2.57. The van der Waals surface area contributed by atoms with Gasteiger partial charge in [-0.2, -0.15) is 26.3 Å². The van der Waals surface area contributed by atoms with Crippen LogP contribution < -0.4 is 15.4 Å². The average molecular weight is 758 g/mol. The zero-order chi connectivity index (χ0) is 37.2. The maximum absolute atomic E-state index is 13.9. The lowest BCUT2D eigenvalue weighted by atomic mass is 10.0. The molecule has 4 aromatic rings. The fourth-order valence-electron chi connectivity index (χ4n) is 5.84. The summed E-state index contributed by atoms with van der Waals surface area (Å²) >= 11 is 0.541. The number of carbonyl (C=O) groups is 3. The Bertz CT molecular complexity index is 2190. The number of methoxy groups -OCH3 is 1. The maximum Gasteiger partial charge on any atom is 0.419 e. The molecule has 2 heterocycles. The lowest BCUT2D eigenvalue weighted by molar-refractivity contribution is -0.140. The van der Waals surface area contributed by atoms with Crippen molar-refractivity contribution in [1.82, 2.24) is 4.90 Å². The number of thiophene rings is 1. The molecule has 0 bridgehead atoms. The number of carbonyl (C=O) groups excluding carboxylic acids is 3. The quantitative estimate of drug-likeness (QED) is 0.188. The summed E-state index contributed by atoms with van der Waals surface area (Å²) in [4.78, 5) is 41.3. The summed E-state index contributed by atoms with van der Waals surface area (Å²) in [5.74, 6) is -4.42. The van der Waals surface area contributed by atoms with Crippen LogP contribution in [0.4, 0.5) is 42.1 Å². The molecule has 3 aromatic carbocycles. The molecule has 1 saturated heterocycles. The minimum atomic E-state index is -5.09. The molecule has 9 nitrogen and oxygen atoms in total. The van der Waals surface area contributed by atoms with E-state index in [1.807, 2.05) is 0 Å². The smallest absolute Gasteiger partial charge is 0.419 e. The summed E-state index contributed by atoms with van der Waals surface area (Å²) in [6.07, 6.45) is -8.30. The van der Waals surface area contributed by atoms with E-state index in [9.17, 15) is 53.5 Å². The van der Waals surface area contributed by atoms with Crippen molar-refractivity contribution in [2.24, 2.45) is 5.92 Å². The van der Waals surface area contributed by atoms with E-state index in [0.717, 1.165) is 30.5 Å². The normalized spacial score (nSPS) is 17.9. The van der Waals surface area contributed by atoms with Gasteiger partial charge in [0.25, 0.3) is 11.8 Å². The SMILES string of the molecule is COc1ccc(C2CC2C(=O)N2CC(S(C)(=O)=O)C2)cc1C(=O)Nc1c(C(=O)Nc2ccc(F)c(C(F)(F)F)c2)sc2cc(C(F)(F)F)ccc12. The molecular weight excluding hydrogens is 731 g/mol. The van der Waals surface area contributed by atoms with Crippen LogP contribution in [0.3, 0.4) is 0 Å². The molecule has 18 heteroatoms. The van der Waals surface area contributed by atoms with E-state index in [0.29, 0.717) is 35.5 Å². The van der Waals surface area contributed by atoms with Crippen LogP contribution in [0.1, 0.15) is 49.1 Å². The third-order valence-electron chi connectivity index (χ3n) is 8.76. The maximum atomic E-state index is 13.9. The largest absolute Gasteiger partial charge is 0.496 e. The molecular formula is C33H26F7N3O6S2. The number of fused-ring (bicyclic) bond motifs is 1. The highest BCUT2D eigenvalue weighted by Gasteiger charge is 2.49. The number of nitrogens with zero attached hydrogens (tertiary/aromatic N) is 1. The fraction of sp³-hybridized carbons (Fsp3) is 0.303. The molecule has 3 amide bonds. The highest BCUT2D eigenvalue weighted by atomic mass is 32.2. The standard InChI is InChI=1S/C33H26F7N3O6S2/c1-49-25-8-3-15(20-12-21(20)31(46)43-13-18(14-43)51(2,47)48)9-22(25)29(44)42-27-19-6-4-16(32(35,36)37)10-26(19)50-28(27)30(45)41-17-5-7-24(34)23(11-17)33(38,39)40/h3-11,18,20-21H,12-14H2,1-2H3,(H,41,45)(H,42,44). The first-order valence-electron chi connectivity index (χ1n) is 15.0. The molecule has 1 aliphatic heterocycles. The van der Waals surface area contributed by atoms with Crippen LogP contribution in [0, 0.1) is 11.7 Å². The van der Waals surface area contributed by atoms with Crippen molar-refractivity contribution in [3.63, 3.8) is 0 Å². The Morgan fingerprint density at radius 3 is 2.24 bits per heavy atom. The Kier molecular flexibility index (Phi) is 9.06. The Morgan fingerprint density at radius 2 is 1.61 bits per heavy atom. The predicted octanol–water partition coefficient (Wildman–Crippen LogP) is 6.95. The second-order valence-corrected chi connectivity index (χ2v) is 15.6. The van der Waals surface area contributed by atoms with E-state index in [-0.39, 0.29) is 56.9 Å². The van der Waals surface area contributed by atoms with Gasteiger partial charge in [-0.3, -0.25) is 14.4 Å². The second kappa shape index (κ2) is 12.8. The van der Waals surface area contributed by atoms with Gasteiger partial charge in [-0.05, 0) is 60.4 Å². The molecule has 2 unspecified atom stereocenters. The van der Waals surface area contributed by atoms with Crippen LogP contribution in [0.5, 0.6) is 5.75 Å². The number of ether oxygens (including phenoxy) is 1. The Balaban J connectivity index is 1.30. The van der Waals surface area contributed by atoms with Crippen molar-refractivity contribution < 1.29 is 58.3 Å². The van der Waals surface area contributed by atoms with Crippen molar-refractivity contribution in [2.45, 2.75) is 29.9 Å². The van der Waals surface area contributed by atoms with Gasteiger partial charge in [-0.25, -0.2) is 12.8 Å². The Labute approximate surface area is 289 Å². The van der Waals surface area contributed by atoms with Gasteiger partial charge in [0.1, 0.15) is 16.4 Å². The number of likely N-dealkylation sites (tertiary alicyclic amines) is 1. The number of rotatable bonds is 8. The van der Waals surface area contributed by atoms with Gasteiger partial charge in [0.05, 0.1) is 34.7 Å². The van der Waals surface area contributed by atoms with E-state index in [1.54, 1.807) is 6.07 Å². The van der Waals surface area contributed by atoms with Gasteiger partial charge >= 0.3 is 12.4 Å². The van der Waals surface area contributed by atoms with Crippen LogP contribution >= 0.6 is 11.3 Å². The van der Waals surface area contributed by atoms with Gasteiger partial charge in [0, 0.05) is 41.0 Å². The minimum Gasteiger partial charge on any atom is -0.496 e. The zero-order valence-corrected chi connectivity index (χ0v) is 28.0. The number of hydrogen-bond acceptors (Lipinski definition) is 7. The number of sulfone groups is 1. The summed E-state index contributed by atoms with van der Waals surface area (Å²) in [7, 11) is -2.00. The van der Waals surface area contributed by atoms with Gasteiger partial charge < -0.3 is 20.3 Å². The Morgan fingerprint density at radius 1 is 0.902 bits per heavy atom. The van der Waals surface area contributed by atoms with E-state index in [2.05, 4.69) is 10.6 Å². The topological polar surface area (TPSA) is 122 Å². The first-order valence-corrected chi connectivity index (χ1v) is 17.8. The predicted molar refractivity (Wildman–Crippen MR) is 173 cm³/mol. The van der Waals surface area contributed by atoms with Gasteiger partial charge in [-0.15, -0.1) is 11.3 Å². The molecule has 51 heavy (non-hydrogen) atoms. The summed E-state index contributed by atoms with van der Waals surface area (Å²) in [6, 6.07) is 8.86. The zero-order valence-electron chi connectivity index (χ0n) is 26.4. The van der Waals surface area contributed by atoms with E-state index in [4.69, 9.17) is 4.74 Å². The molecule has 2 aliphatic rings. The van der Waals surface area contributed by atoms with E-state index in [1.165, 1.54) is 24.1 Å². The minimum absolute atomic E-state index is 0.0199. The molecule has 1 aliphatic carbocycles. The summed E-state index contributed by atoms with van der Waals surface area (Å²) in [5.41, 5.74) is -2.89. The van der Waals surface area contributed by atoms with Crippen LogP contribution in [0.2, 0.25) is 0 Å². The Hall–Kier alpha value is -4.71. The highest BCUT2D eigenvalue weighted by Crippen LogP contribution is 2.50. The van der Waals surface area contributed by atoms with Gasteiger partial charge in [-0.1, -0.05) is 12.1 Å².